The molecule has 1 aromatic carbocycles. The van der Waals surface area contributed by atoms with E-state index in [1.54, 1.807) is 23.5 Å². The summed E-state index contributed by atoms with van der Waals surface area (Å²) in [6.07, 6.45) is 1.16. The van der Waals surface area contributed by atoms with Crippen molar-refractivity contribution in [2.45, 2.75) is 19.8 Å². The van der Waals surface area contributed by atoms with Crippen LogP contribution in [0.1, 0.15) is 17.4 Å². The monoisotopic (exact) mass is 504 g/mol. The molecule has 0 aliphatic heterocycles. The maximum Gasteiger partial charge on any atom is 0.224 e. The highest BCUT2D eigenvalue weighted by Crippen LogP contribution is 2.08. The Kier molecular flexibility index (Phi) is 11.7. The third-order valence-corrected chi connectivity index (χ3v) is 4.51. The molecule has 0 bridgehead atoms. The second-order valence-electron chi connectivity index (χ2n) is 5.67. The Balaban J connectivity index is 0.00000364. The zero-order valence-electron chi connectivity index (χ0n) is 15.3. The Hall–Kier alpha value is -1.68. The quantitative estimate of drug-likeness (QED) is 0.213. The summed E-state index contributed by atoms with van der Waals surface area (Å²) >= 11 is 1.74. The van der Waals surface area contributed by atoms with Gasteiger partial charge in [-0.3, -0.25) is 9.79 Å². The molecule has 0 fully saturated rings. The van der Waals surface area contributed by atoms with Gasteiger partial charge in [-0.2, -0.15) is 0 Å². The average molecular weight is 504 g/mol. The number of hydrogen-bond acceptors (Lipinski definition) is 3. The summed E-state index contributed by atoms with van der Waals surface area (Å²) in [6, 6.07) is 10.1. The van der Waals surface area contributed by atoms with E-state index >= 15 is 0 Å². The molecule has 148 valence electrons. The van der Waals surface area contributed by atoms with Crippen molar-refractivity contribution in [2.75, 3.05) is 26.2 Å². The first-order chi connectivity index (χ1) is 12.7. The van der Waals surface area contributed by atoms with Crippen LogP contribution in [0.3, 0.4) is 0 Å². The van der Waals surface area contributed by atoms with Crippen LogP contribution in [0, 0.1) is 5.82 Å². The molecule has 5 nitrogen and oxygen atoms in total. The van der Waals surface area contributed by atoms with Gasteiger partial charge >= 0.3 is 0 Å². The third-order valence-electron chi connectivity index (χ3n) is 3.57. The van der Waals surface area contributed by atoms with Crippen LogP contribution in [0.5, 0.6) is 0 Å². The molecule has 0 unspecified atom stereocenters. The van der Waals surface area contributed by atoms with Gasteiger partial charge in [0, 0.05) is 37.5 Å². The van der Waals surface area contributed by atoms with Crippen LogP contribution < -0.4 is 16.0 Å². The highest BCUT2D eigenvalue weighted by atomic mass is 127. The molecule has 1 amide bonds. The van der Waals surface area contributed by atoms with Gasteiger partial charge in [-0.15, -0.1) is 35.3 Å². The number of amides is 1. The fraction of sp³-hybridized carbons (Fsp3) is 0.368. The Bertz CT molecular complexity index is 692. The molecule has 0 spiro atoms. The van der Waals surface area contributed by atoms with Crippen LogP contribution in [0.2, 0.25) is 0 Å². The fourth-order valence-electron chi connectivity index (χ4n) is 2.31. The SMILES string of the molecule is CCNC(=NCCc1cccs1)NCCNC(=O)Cc1ccc(F)cc1.I. The highest BCUT2D eigenvalue weighted by molar-refractivity contribution is 14.0. The Labute approximate surface area is 180 Å². The standard InChI is InChI=1S/C19H25FN4OS.HI/c1-2-21-19(23-10-9-17-4-3-13-26-17)24-12-11-22-18(25)14-15-5-7-16(20)8-6-15;/h3-8,13H,2,9-12,14H2,1H3,(H,22,25)(H2,21,23,24);1H. The van der Waals surface area contributed by atoms with E-state index in [2.05, 4.69) is 32.4 Å². The number of rotatable bonds is 9. The summed E-state index contributed by atoms with van der Waals surface area (Å²) < 4.78 is 12.9. The maximum atomic E-state index is 12.9. The van der Waals surface area contributed by atoms with Crippen molar-refractivity contribution < 1.29 is 9.18 Å². The first kappa shape index (κ1) is 23.4. The van der Waals surface area contributed by atoms with E-state index in [-0.39, 0.29) is 42.1 Å². The fourth-order valence-corrected chi connectivity index (χ4v) is 3.01. The van der Waals surface area contributed by atoms with Crippen molar-refractivity contribution in [2.24, 2.45) is 4.99 Å². The molecule has 3 N–H and O–H groups in total. The molecular formula is C19H26FIN4OS. The molecule has 1 heterocycles. The van der Waals surface area contributed by atoms with Crippen LogP contribution in [-0.2, 0) is 17.6 Å². The number of benzene rings is 1. The van der Waals surface area contributed by atoms with E-state index in [1.165, 1.54) is 17.0 Å². The first-order valence-corrected chi connectivity index (χ1v) is 9.61. The van der Waals surface area contributed by atoms with Gasteiger partial charge in [0.15, 0.2) is 5.96 Å². The number of halogens is 2. The summed E-state index contributed by atoms with van der Waals surface area (Å²) in [6.45, 7) is 4.59. The third kappa shape index (κ3) is 9.71. The second-order valence-corrected chi connectivity index (χ2v) is 6.70. The summed E-state index contributed by atoms with van der Waals surface area (Å²) in [7, 11) is 0. The molecule has 0 atom stereocenters. The van der Waals surface area contributed by atoms with Gasteiger partial charge in [0.2, 0.25) is 5.91 Å². The van der Waals surface area contributed by atoms with Gasteiger partial charge in [0.25, 0.3) is 0 Å². The molecule has 2 aromatic rings. The van der Waals surface area contributed by atoms with E-state index in [0.717, 1.165) is 24.5 Å². The zero-order valence-corrected chi connectivity index (χ0v) is 18.5. The van der Waals surface area contributed by atoms with Crippen molar-refractivity contribution >= 4 is 47.2 Å². The maximum absolute atomic E-state index is 12.9. The molecule has 27 heavy (non-hydrogen) atoms. The van der Waals surface area contributed by atoms with Crippen molar-refractivity contribution in [3.63, 3.8) is 0 Å². The van der Waals surface area contributed by atoms with Gasteiger partial charge in [-0.25, -0.2) is 4.39 Å². The lowest BCUT2D eigenvalue weighted by atomic mass is 10.1. The Morgan fingerprint density at radius 1 is 1.11 bits per heavy atom. The Morgan fingerprint density at radius 3 is 2.52 bits per heavy atom. The van der Waals surface area contributed by atoms with Gasteiger partial charge in [-0.05, 0) is 36.1 Å². The van der Waals surface area contributed by atoms with E-state index < -0.39 is 0 Å². The lowest BCUT2D eigenvalue weighted by Crippen LogP contribution is -2.41. The largest absolute Gasteiger partial charge is 0.357 e. The van der Waals surface area contributed by atoms with Crippen molar-refractivity contribution in [3.05, 3.63) is 58.0 Å². The molecule has 1 aromatic heterocycles. The van der Waals surface area contributed by atoms with E-state index in [4.69, 9.17) is 0 Å². The van der Waals surface area contributed by atoms with Gasteiger partial charge in [-0.1, -0.05) is 18.2 Å². The minimum Gasteiger partial charge on any atom is -0.357 e. The lowest BCUT2D eigenvalue weighted by molar-refractivity contribution is -0.120. The summed E-state index contributed by atoms with van der Waals surface area (Å²) in [5.41, 5.74) is 0.792. The topological polar surface area (TPSA) is 65.5 Å². The van der Waals surface area contributed by atoms with Crippen molar-refractivity contribution in [1.29, 1.82) is 0 Å². The number of aliphatic imine (C=N–C) groups is 1. The highest BCUT2D eigenvalue weighted by Gasteiger charge is 2.03. The molecule has 0 saturated carbocycles. The minimum atomic E-state index is -0.298. The number of guanidine groups is 1. The van der Waals surface area contributed by atoms with Crippen LogP contribution >= 0.6 is 35.3 Å². The van der Waals surface area contributed by atoms with Crippen LogP contribution in [-0.4, -0.2) is 38.0 Å². The van der Waals surface area contributed by atoms with Gasteiger partial charge < -0.3 is 16.0 Å². The number of thiophene rings is 1. The lowest BCUT2D eigenvalue weighted by Gasteiger charge is -2.12. The van der Waals surface area contributed by atoms with Gasteiger partial charge in [0.05, 0.1) is 6.42 Å². The number of hydrogen-bond donors (Lipinski definition) is 3. The second kappa shape index (κ2) is 13.5. The molecule has 2 rings (SSSR count). The molecule has 0 aliphatic carbocycles. The molecular weight excluding hydrogens is 478 g/mol. The molecule has 0 aliphatic rings. The first-order valence-electron chi connectivity index (χ1n) is 8.73. The summed E-state index contributed by atoms with van der Waals surface area (Å²) in [5.74, 6) is 0.363. The zero-order chi connectivity index (χ0) is 18.6. The molecule has 8 heteroatoms. The number of carbonyl (C=O) groups is 1. The van der Waals surface area contributed by atoms with Crippen LogP contribution in [0.25, 0.3) is 0 Å². The van der Waals surface area contributed by atoms with E-state index in [9.17, 15) is 9.18 Å². The van der Waals surface area contributed by atoms with Crippen LogP contribution in [0.4, 0.5) is 4.39 Å². The molecule has 0 radical (unpaired) electrons. The molecule has 0 saturated heterocycles. The predicted molar refractivity (Wildman–Crippen MR) is 121 cm³/mol. The van der Waals surface area contributed by atoms with Crippen molar-refractivity contribution in [3.8, 4) is 0 Å². The van der Waals surface area contributed by atoms with Gasteiger partial charge in [0.1, 0.15) is 5.82 Å². The van der Waals surface area contributed by atoms with E-state index in [0.29, 0.717) is 19.6 Å². The smallest absolute Gasteiger partial charge is 0.224 e. The van der Waals surface area contributed by atoms with Crippen LogP contribution in [0.15, 0.2) is 46.8 Å². The number of nitrogens with one attached hydrogen (secondary N) is 3. The normalized spacial score (nSPS) is 10.8. The minimum absolute atomic E-state index is 0. The average Bonchev–Trinajstić information content (AvgIpc) is 3.14. The number of carbonyl (C=O) groups excluding carboxylic acids is 1. The van der Waals surface area contributed by atoms with E-state index in [1.807, 2.05) is 13.0 Å². The summed E-state index contributed by atoms with van der Waals surface area (Å²) in [4.78, 5) is 17.7. The Morgan fingerprint density at radius 2 is 1.85 bits per heavy atom. The van der Waals surface area contributed by atoms with Crippen molar-refractivity contribution in [1.82, 2.24) is 16.0 Å². The number of nitrogens with zero attached hydrogens (tertiary/aromatic N) is 1. The summed E-state index contributed by atoms with van der Waals surface area (Å²) in [5, 5.41) is 11.3. The predicted octanol–water partition coefficient (Wildman–Crippen LogP) is 2.96.